The second kappa shape index (κ2) is 11.0. The molecule has 0 unspecified atom stereocenters. The van der Waals surface area contributed by atoms with Crippen LogP contribution in [0.15, 0.2) is 70.8 Å². The molecule has 2 aliphatic rings. The van der Waals surface area contributed by atoms with Crippen LogP contribution >= 0.6 is 0 Å². The molecular formula is C31H32F2N4O2. The zero-order chi connectivity index (χ0) is 27.6. The fraction of sp³-hybridized carbons (Fsp3) is 0.323. The van der Waals surface area contributed by atoms with Crippen LogP contribution in [0.3, 0.4) is 0 Å². The number of amides is 1. The Balaban J connectivity index is 1.46. The van der Waals surface area contributed by atoms with Crippen molar-refractivity contribution in [2.75, 3.05) is 0 Å². The molecule has 3 N–H and O–H groups in total. The summed E-state index contributed by atoms with van der Waals surface area (Å²) < 4.78 is 28.4. The molecule has 0 bridgehead atoms. The number of oxime groups is 1. The first-order chi connectivity index (χ1) is 18.9. The Morgan fingerprint density at radius 2 is 1.77 bits per heavy atom. The van der Waals surface area contributed by atoms with Crippen molar-refractivity contribution >= 4 is 17.6 Å². The summed E-state index contributed by atoms with van der Waals surface area (Å²) in [6.07, 6.45) is 6.49. The molecule has 1 fully saturated rings. The van der Waals surface area contributed by atoms with Crippen molar-refractivity contribution in [2.24, 2.45) is 15.9 Å². The number of amidine groups is 2. The second-order valence-corrected chi connectivity index (χ2v) is 10.3. The number of carbonyl (C=O) groups excluding carboxylic acids is 1. The van der Waals surface area contributed by atoms with E-state index in [-0.39, 0.29) is 17.3 Å². The number of unbranched alkanes of at least 4 members (excludes halogenated alkanes) is 1. The summed E-state index contributed by atoms with van der Waals surface area (Å²) >= 11 is 0. The third-order valence-corrected chi connectivity index (χ3v) is 7.75. The average molecular weight is 531 g/mol. The zero-order valence-corrected chi connectivity index (χ0v) is 22.0. The van der Waals surface area contributed by atoms with Crippen molar-refractivity contribution in [1.29, 1.82) is 0 Å². The number of nitrogens with zero attached hydrogens (tertiary/aromatic N) is 3. The number of hydrogen-bond acceptors (Lipinski definition) is 4. The maximum atomic E-state index is 14.5. The SMILES string of the molecule is CCCCC1=NC2(CCCC2)C(=O)N1Cc1ccc(-c2cc(-c3cccc(F)c3F)ccc2/C(N)=N/O)cc1. The van der Waals surface area contributed by atoms with Crippen LogP contribution in [0.5, 0.6) is 0 Å². The van der Waals surface area contributed by atoms with Crippen LogP contribution in [0, 0.1) is 11.6 Å². The van der Waals surface area contributed by atoms with Crippen molar-refractivity contribution in [3.63, 3.8) is 0 Å². The van der Waals surface area contributed by atoms with Gasteiger partial charge in [-0.25, -0.2) is 8.78 Å². The van der Waals surface area contributed by atoms with Crippen molar-refractivity contribution in [3.05, 3.63) is 83.4 Å². The summed E-state index contributed by atoms with van der Waals surface area (Å²) in [4.78, 5) is 20.3. The van der Waals surface area contributed by atoms with Gasteiger partial charge in [0.15, 0.2) is 17.5 Å². The van der Waals surface area contributed by atoms with Gasteiger partial charge in [-0.1, -0.05) is 73.8 Å². The Hall–Kier alpha value is -4.07. The number of aliphatic imine (C=N–C) groups is 1. The molecule has 3 aromatic carbocycles. The minimum Gasteiger partial charge on any atom is -0.409 e. The largest absolute Gasteiger partial charge is 0.409 e. The van der Waals surface area contributed by atoms with E-state index in [9.17, 15) is 18.8 Å². The molecular weight excluding hydrogens is 498 g/mol. The van der Waals surface area contributed by atoms with Crippen LogP contribution in [0.25, 0.3) is 22.3 Å². The van der Waals surface area contributed by atoms with E-state index in [0.717, 1.165) is 68.0 Å². The molecule has 1 spiro atoms. The second-order valence-electron chi connectivity index (χ2n) is 10.3. The van der Waals surface area contributed by atoms with Gasteiger partial charge < -0.3 is 10.9 Å². The molecule has 1 aliphatic carbocycles. The molecule has 1 saturated carbocycles. The summed E-state index contributed by atoms with van der Waals surface area (Å²) in [7, 11) is 0. The maximum Gasteiger partial charge on any atom is 0.256 e. The van der Waals surface area contributed by atoms with E-state index in [1.165, 1.54) is 12.1 Å². The smallest absolute Gasteiger partial charge is 0.256 e. The van der Waals surface area contributed by atoms with Gasteiger partial charge in [0, 0.05) is 17.5 Å². The highest BCUT2D eigenvalue weighted by molar-refractivity contribution is 6.08. The van der Waals surface area contributed by atoms with Crippen LogP contribution in [0.2, 0.25) is 0 Å². The lowest BCUT2D eigenvalue weighted by Gasteiger charge is -2.23. The third kappa shape index (κ3) is 5.03. The third-order valence-electron chi connectivity index (χ3n) is 7.75. The monoisotopic (exact) mass is 530 g/mol. The molecule has 0 aromatic heterocycles. The first-order valence-corrected chi connectivity index (χ1v) is 13.4. The molecule has 0 saturated heterocycles. The van der Waals surface area contributed by atoms with Crippen LogP contribution in [-0.2, 0) is 11.3 Å². The van der Waals surface area contributed by atoms with E-state index in [1.807, 2.05) is 29.2 Å². The fourth-order valence-electron chi connectivity index (χ4n) is 5.62. The van der Waals surface area contributed by atoms with Crippen LogP contribution in [0.1, 0.15) is 63.0 Å². The highest BCUT2D eigenvalue weighted by Gasteiger charge is 2.49. The first-order valence-electron chi connectivity index (χ1n) is 13.4. The fourth-order valence-corrected chi connectivity index (χ4v) is 5.62. The highest BCUT2D eigenvalue weighted by Crippen LogP contribution is 2.40. The van der Waals surface area contributed by atoms with Gasteiger partial charge in [0.05, 0.1) is 6.54 Å². The highest BCUT2D eigenvalue weighted by atomic mass is 19.2. The molecule has 0 atom stereocenters. The maximum absolute atomic E-state index is 14.5. The normalized spacial score (nSPS) is 16.8. The summed E-state index contributed by atoms with van der Waals surface area (Å²) in [6, 6.07) is 16.6. The van der Waals surface area contributed by atoms with E-state index >= 15 is 0 Å². The van der Waals surface area contributed by atoms with Crippen molar-refractivity contribution in [1.82, 2.24) is 4.90 Å². The Morgan fingerprint density at radius 1 is 1.05 bits per heavy atom. The van der Waals surface area contributed by atoms with Crippen LogP contribution in [0.4, 0.5) is 8.78 Å². The van der Waals surface area contributed by atoms with Gasteiger partial charge in [0.2, 0.25) is 0 Å². The van der Waals surface area contributed by atoms with Gasteiger partial charge in [-0.3, -0.25) is 14.7 Å². The number of nitrogens with two attached hydrogens (primary N) is 1. The molecule has 8 heteroatoms. The molecule has 1 amide bonds. The number of rotatable bonds is 8. The van der Waals surface area contributed by atoms with E-state index < -0.39 is 17.2 Å². The van der Waals surface area contributed by atoms with Crippen LogP contribution in [-0.4, -0.2) is 33.2 Å². The van der Waals surface area contributed by atoms with Crippen molar-refractivity contribution in [3.8, 4) is 22.3 Å². The topological polar surface area (TPSA) is 91.3 Å². The molecule has 1 aliphatic heterocycles. The number of halogens is 2. The first kappa shape index (κ1) is 26.5. The van der Waals surface area contributed by atoms with Gasteiger partial charge >= 0.3 is 0 Å². The molecule has 3 aromatic rings. The predicted octanol–water partition coefficient (Wildman–Crippen LogP) is 6.64. The van der Waals surface area contributed by atoms with Gasteiger partial charge in [0.1, 0.15) is 11.4 Å². The zero-order valence-electron chi connectivity index (χ0n) is 22.0. The predicted molar refractivity (Wildman–Crippen MR) is 148 cm³/mol. The Morgan fingerprint density at radius 3 is 2.46 bits per heavy atom. The van der Waals surface area contributed by atoms with Gasteiger partial charge in [-0.05, 0) is 59.7 Å². The number of carbonyl (C=O) groups is 1. The minimum atomic E-state index is -0.939. The Kier molecular flexibility index (Phi) is 7.46. The van der Waals surface area contributed by atoms with E-state index in [4.69, 9.17) is 10.7 Å². The number of hydrogen-bond donors (Lipinski definition) is 2. The van der Waals surface area contributed by atoms with E-state index in [1.54, 1.807) is 18.2 Å². The van der Waals surface area contributed by atoms with Gasteiger partial charge in [0.25, 0.3) is 5.91 Å². The van der Waals surface area contributed by atoms with E-state index in [2.05, 4.69) is 12.1 Å². The summed E-state index contributed by atoms with van der Waals surface area (Å²) in [5.41, 5.74) is 8.70. The Bertz CT molecular complexity index is 1440. The number of benzene rings is 3. The quantitative estimate of drug-likeness (QED) is 0.148. The van der Waals surface area contributed by atoms with Gasteiger partial charge in [-0.15, -0.1) is 0 Å². The van der Waals surface area contributed by atoms with Crippen molar-refractivity contribution in [2.45, 2.75) is 64.0 Å². The molecule has 1 heterocycles. The lowest BCUT2D eigenvalue weighted by atomic mass is 9.93. The summed E-state index contributed by atoms with van der Waals surface area (Å²) in [6.45, 7) is 2.57. The lowest BCUT2D eigenvalue weighted by Crippen LogP contribution is -2.40. The molecule has 39 heavy (non-hydrogen) atoms. The summed E-state index contributed by atoms with van der Waals surface area (Å²) in [5.74, 6) is -0.981. The average Bonchev–Trinajstić information content (AvgIpc) is 3.53. The minimum absolute atomic E-state index is 0.0957. The van der Waals surface area contributed by atoms with Crippen molar-refractivity contribution < 1.29 is 18.8 Å². The molecule has 6 nitrogen and oxygen atoms in total. The Labute approximate surface area is 226 Å². The summed E-state index contributed by atoms with van der Waals surface area (Å²) in [5, 5.41) is 12.5. The molecule has 0 radical (unpaired) electrons. The molecule has 5 rings (SSSR count). The van der Waals surface area contributed by atoms with Gasteiger partial charge in [-0.2, -0.15) is 0 Å². The molecule has 202 valence electrons. The van der Waals surface area contributed by atoms with Crippen LogP contribution < -0.4 is 5.73 Å². The van der Waals surface area contributed by atoms with E-state index in [0.29, 0.717) is 23.2 Å². The standard InChI is InChI=1S/C31H32F2N4O2/c1-2-3-9-27-35-31(16-4-5-17-31)30(38)37(27)19-20-10-12-21(13-11-20)25-18-22(14-15-24(25)29(34)36-39)23-7-6-8-26(32)28(23)33/h6-8,10-15,18,39H,2-5,9,16-17,19H2,1H3,(H2,34,36). The lowest BCUT2D eigenvalue weighted by molar-refractivity contribution is -0.131.